The van der Waals surface area contributed by atoms with E-state index >= 15 is 0 Å². The molecule has 0 aliphatic heterocycles. The van der Waals surface area contributed by atoms with E-state index in [1.807, 2.05) is 25.1 Å². The smallest absolute Gasteiger partial charge is 0.354 e. The number of hydrogen-bond acceptors (Lipinski definition) is 4. The molecule has 1 aromatic heterocycles. The van der Waals surface area contributed by atoms with Gasteiger partial charge in [-0.05, 0) is 68.5 Å². The first kappa shape index (κ1) is 29.4. The molecule has 0 aliphatic rings. The molecule has 40 heavy (non-hydrogen) atoms. The van der Waals surface area contributed by atoms with E-state index in [2.05, 4.69) is 22.4 Å². The van der Waals surface area contributed by atoms with Crippen LogP contribution in [-0.2, 0) is 17.4 Å². The molecule has 3 aromatic carbocycles. The number of hydrogen-bond donors (Lipinski definition) is 1. The van der Waals surface area contributed by atoms with Gasteiger partial charge in [0.05, 0.1) is 22.2 Å². The predicted molar refractivity (Wildman–Crippen MR) is 154 cm³/mol. The third-order valence-corrected chi connectivity index (χ3v) is 7.60. The number of rotatable bonds is 12. The molecule has 1 N–H and O–H groups in total. The van der Waals surface area contributed by atoms with Gasteiger partial charge in [-0.3, -0.25) is 14.2 Å². The van der Waals surface area contributed by atoms with Crippen molar-refractivity contribution in [3.63, 3.8) is 0 Å². The molecular formula is C31H32F3N3O2S. The summed E-state index contributed by atoms with van der Waals surface area (Å²) in [6, 6.07) is 21.8. The highest BCUT2D eigenvalue weighted by Crippen LogP contribution is 2.31. The molecule has 0 spiro atoms. The number of aromatic nitrogens is 2. The third kappa shape index (κ3) is 7.97. The average Bonchev–Trinajstić information content (AvgIpc) is 2.94. The lowest BCUT2D eigenvalue weighted by Gasteiger charge is -2.15. The van der Waals surface area contributed by atoms with Gasteiger partial charge in [-0.2, -0.15) is 13.2 Å². The molecule has 1 heterocycles. The van der Waals surface area contributed by atoms with E-state index in [0.29, 0.717) is 28.2 Å². The van der Waals surface area contributed by atoms with Crippen molar-refractivity contribution in [1.82, 2.24) is 14.9 Å². The zero-order chi connectivity index (χ0) is 28.5. The molecule has 9 heteroatoms. The predicted octanol–water partition coefficient (Wildman–Crippen LogP) is 7.19. The Morgan fingerprint density at radius 3 is 2.50 bits per heavy atom. The lowest BCUT2D eigenvalue weighted by atomic mass is 10.1. The molecule has 1 atom stereocenters. The Labute approximate surface area is 235 Å². The summed E-state index contributed by atoms with van der Waals surface area (Å²) in [6.45, 7) is 2.01. The third-order valence-electron chi connectivity index (χ3n) is 6.57. The van der Waals surface area contributed by atoms with E-state index < -0.39 is 17.3 Å². The Kier molecular flexibility index (Phi) is 10.0. The summed E-state index contributed by atoms with van der Waals surface area (Å²) in [5, 5.41) is 3.74. The Morgan fingerprint density at radius 1 is 0.975 bits per heavy atom. The van der Waals surface area contributed by atoms with Gasteiger partial charge in [-0.1, -0.05) is 66.7 Å². The number of aryl methyl sites for hydroxylation is 1. The maximum Gasteiger partial charge on any atom is 0.416 e. The minimum Gasteiger partial charge on any atom is -0.354 e. The Bertz CT molecular complexity index is 1490. The quantitative estimate of drug-likeness (QED) is 0.112. The second-order valence-electron chi connectivity index (χ2n) is 9.75. The van der Waals surface area contributed by atoms with Crippen molar-refractivity contribution in [2.24, 2.45) is 0 Å². The maximum absolute atomic E-state index is 13.4. The number of nitrogens with one attached hydrogen (secondary N) is 1. The van der Waals surface area contributed by atoms with Gasteiger partial charge in [0, 0.05) is 18.2 Å². The van der Waals surface area contributed by atoms with E-state index in [1.54, 1.807) is 24.3 Å². The first-order valence-electron chi connectivity index (χ1n) is 13.4. The monoisotopic (exact) mass is 567 g/mol. The summed E-state index contributed by atoms with van der Waals surface area (Å²) in [7, 11) is 0. The van der Waals surface area contributed by atoms with Crippen molar-refractivity contribution < 1.29 is 18.0 Å². The number of alkyl halides is 3. The van der Waals surface area contributed by atoms with Crippen LogP contribution in [0.25, 0.3) is 16.6 Å². The van der Waals surface area contributed by atoms with Crippen molar-refractivity contribution >= 4 is 28.6 Å². The van der Waals surface area contributed by atoms with Crippen LogP contribution >= 0.6 is 11.8 Å². The van der Waals surface area contributed by atoms with Gasteiger partial charge in [0.2, 0.25) is 5.91 Å². The van der Waals surface area contributed by atoms with Crippen LogP contribution in [0, 0.1) is 0 Å². The summed E-state index contributed by atoms with van der Waals surface area (Å²) < 4.78 is 41.3. The summed E-state index contributed by atoms with van der Waals surface area (Å²) >= 11 is 1.33. The van der Waals surface area contributed by atoms with Crippen molar-refractivity contribution in [1.29, 1.82) is 0 Å². The number of nitrogens with zero attached hydrogens (tertiary/aromatic N) is 2. The fourth-order valence-electron chi connectivity index (χ4n) is 4.43. The molecule has 0 aliphatic carbocycles. The van der Waals surface area contributed by atoms with Gasteiger partial charge in [-0.25, -0.2) is 4.98 Å². The molecule has 4 rings (SSSR count). The van der Waals surface area contributed by atoms with Gasteiger partial charge in [0.25, 0.3) is 5.56 Å². The van der Waals surface area contributed by atoms with Crippen LogP contribution in [0.15, 0.2) is 88.8 Å². The number of amides is 1. The van der Waals surface area contributed by atoms with Crippen molar-refractivity contribution in [3.05, 3.63) is 100 Å². The summed E-state index contributed by atoms with van der Waals surface area (Å²) in [6.07, 6.45) is -0.00429. The van der Waals surface area contributed by atoms with Crippen molar-refractivity contribution in [2.75, 3.05) is 5.75 Å². The van der Waals surface area contributed by atoms with E-state index in [0.717, 1.165) is 44.2 Å². The highest BCUT2D eigenvalue weighted by molar-refractivity contribution is 7.99. The first-order chi connectivity index (χ1) is 19.2. The topological polar surface area (TPSA) is 64.0 Å². The van der Waals surface area contributed by atoms with Crippen LogP contribution < -0.4 is 10.9 Å². The molecule has 210 valence electrons. The molecule has 0 bridgehead atoms. The van der Waals surface area contributed by atoms with Gasteiger partial charge in [0.15, 0.2) is 5.16 Å². The Balaban J connectivity index is 1.32. The molecule has 4 aromatic rings. The largest absolute Gasteiger partial charge is 0.416 e. The van der Waals surface area contributed by atoms with Crippen LogP contribution in [0.5, 0.6) is 0 Å². The fraction of sp³-hybridized carbons (Fsp3) is 0.323. The Hall–Kier alpha value is -3.59. The molecule has 5 nitrogen and oxygen atoms in total. The molecule has 1 amide bonds. The number of thioether (sulfide) groups is 1. The van der Waals surface area contributed by atoms with Crippen molar-refractivity contribution in [3.8, 4) is 5.69 Å². The number of unbranched alkanes of at least 4 members (excludes halogenated alkanes) is 2. The SMILES string of the molecule is CC(CCc1ccccc1)NC(=O)CCCCCSc1nc2ccccc2c(=O)n1-c1cccc(C(F)(F)F)c1. The van der Waals surface area contributed by atoms with Crippen LogP contribution in [0.3, 0.4) is 0 Å². The minimum absolute atomic E-state index is 0.0304. The van der Waals surface area contributed by atoms with Gasteiger partial charge >= 0.3 is 6.18 Å². The van der Waals surface area contributed by atoms with Crippen LogP contribution in [0.2, 0.25) is 0 Å². The number of benzene rings is 3. The van der Waals surface area contributed by atoms with Gasteiger partial charge in [-0.15, -0.1) is 0 Å². The molecular weight excluding hydrogens is 535 g/mol. The van der Waals surface area contributed by atoms with Crippen molar-refractivity contribution in [2.45, 2.75) is 62.8 Å². The second-order valence-corrected chi connectivity index (χ2v) is 10.8. The van der Waals surface area contributed by atoms with Crippen LogP contribution in [0.4, 0.5) is 13.2 Å². The van der Waals surface area contributed by atoms with E-state index in [-0.39, 0.29) is 17.6 Å². The summed E-state index contributed by atoms with van der Waals surface area (Å²) in [5.41, 5.74) is 0.634. The number of fused-ring (bicyclic) bond motifs is 1. The molecule has 0 fully saturated rings. The molecule has 0 radical (unpaired) electrons. The van der Waals surface area contributed by atoms with Gasteiger partial charge in [0.1, 0.15) is 0 Å². The lowest BCUT2D eigenvalue weighted by molar-refractivity contribution is -0.137. The second kappa shape index (κ2) is 13.7. The average molecular weight is 568 g/mol. The maximum atomic E-state index is 13.4. The van der Waals surface area contributed by atoms with Crippen LogP contribution in [-0.4, -0.2) is 27.3 Å². The number of carbonyl (C=O) groups excluding carboxylic acids is 1. The highest BCUT2D eigenvalue weighted by atomic mass is 32.2. The molecule has 0 saturated carbocycles. The van der Waals surface area contributed by atoms with E-state index in [4.69, 9.17) is 0 Å². The van der Waals surface area contributed by atoms with E-state index in [1.165, 1.54) is 34.0 Å². The minimum atomic E-state index is -4.52. The fourth-order valence-corrected chi connectivity index (χ4v) is 5.44. The van der Waals surface area contributed by atoms with E-state index in [9.17, 15) is 22.8 Å². The number of para-hydroxylation sites is 1. The first-order valence-corrected chi connectivity index (χ1v) is 14.4. The standard InChI is InChI=1S/C31H32F3N3O2S/c1-22(18-19-23-11-4-2-5-12-23)35-28(38)17-6-3-9-20-40-30-36-27-16-8-7-15-26(27)29(39)37(30)25-14-10-13-24(21-25)31(32,33)34/h2,4-5,7-8,10-16,21-22H,3,6,9,17-20H2,1H3,(H,35,38). The van der Waals surface area contributed by atoms with Crippen LogP contribution in [0.1, 0.15) is 50.2 Å². The number of halogens is 3. The molecule has 1 unspecified atom stereocenters. The zero-order valence-electron chi connectivity index (χ0n) is 22.3. The molecule has 0 saturated heterocycles. The lowest BCUT2D eigenvalue weighted by Crippen LogP contribution is -2.32. The normalized spacial score (nSPS) is 12.4. The zero-order valence-corrected chi connectivity index (χ0v) is 23.1. The number of carbonyl (C=O) groups is 1. The highest BCUT2D eigenvalue weighted by Gasteiger charge is 2.31. The Morgan fingerprint density at radius 2 is 1.73 bits per heavy atom. The summed E-state index contributed by atoms with van der Waals surface area (Å²) in [4.78, 5) is 30.3. The summed E-state index contributed by atoms with van der Waals surface area (Å²) in [5.74, 6) is 0.640. The van der Waals surface area contributed by atoms with Gasteiger partial charge < -0.3 is 5.32 Å².